The molecular formula is C14H21ClN2O2S. The third-order valence-corrected chi connectivity index (χ3v) is 5.25. The summed E-state index contributed by atoms with van der Waals surface area (Å²) in [5, 5.41) is 4.21. The van der Waals surface area contributed by atoms with Crippen LogP contribution in [0.15, 0.2) is 24.3 Å². The van der Waals surface area contributed by atoms with Gasteiger partial charge in [-0.2, -0.15) is 0 Å². The van der Waals surface area contributed by atoms with Crippen molar-refractivity contribution in [2.24, 2.45) is 5.92 Å². The maximum atomic E-state index is 11.3. The molecule has 1 atom stereocenters. The maximum Gasteiger partial charge on any atom is 0.210 e. The molecule has 1 N–H and O–H groups in total. The molecule has 1 saturated carbocycles. The maximum absolute atomic E-state index is 11.3. The first-order chi connectivity index (χ1) is 9.38. The van der Waals surface area contributed by atoms with Crippen LogP contribution in [0.25, 0.3) is 0 Å². The lowest BCUT2D eigenvalue weighted by Gasteiger charge is -2.21. The third kappa shape index (κ3) is 4.45. The number of nitrogens with zero attached hydrogens (tertiary/aromatic N) is 1. The average molecular weight is 317 g/mol. The number of hydrogen-bond donors (Lipinski definition) is 1. The Morgan fingerprint density at radius 1 is 1.35 bits per heavy atom. The van der Waals surface area contributed by atoms with Crippen molar-refractivity contribution in [3.63, 3.8) is 0 Å². The number of nitrogens with one attached hydrogen (secondary N) is 1. The van der Waals surface area contributed by atoms with E-state index in [4.69, 9.17) is 11.6 Å². The van der Waals surface area contributed by atoms with Gasteiger partial charge in [0.15, 0.2) is 0 Å². The van der Waals surface area contributed by atoms with Crippen molar-refractivity contribution in [3.05, 3.63) is 34.9 Å². The molecule has 2 rings (SSSR count). The van der Waals surface area contributed by atoms with Crippen LogP contribution in [-0.2, 0) is 10.0 Å². The molecule has 1 aromatic carbocycles. The van der Waals surface area contributed by atoms with Crippen LogP contribution in [0.3, 0.4) is 0 Å². The molecular weight excluding hydrogens is 296 g/mol. The fraction of sp³-hybridized carbons (Fsp3) is 0.571. The van der Waals surface area contributed by atoms with E-state index in [2.05, 4.69) is 5.32 Å². The van der Waals surface area contributed by atoms with Crippen LogP contribution in [0.4, 0.5) is 0 Å². The van der Waals surface area contributed by atoms with Crippen LogP contribution >= 0.6 is 11.6 Å². The highest BCUT2D eigenvalue weighted by Gasteiger charge is 2.31. The summed E-state index contributed by atoms with van der Waals surface area (Å²) in [5.74, 6) is 0.653. The van der Waals surface area contributed by atoms with Gasteiger partial charge in [-0.15, -0.1) is 0 Å². The lowest BCUT2D eigenvalue weighted by molar-refractivity contribution is 0.423. The Labute approximate surface area is 126 Å². The van der Waals surface area contributed by atoms with Gasteiger partial charge in [-0.05, 0) is 36.5 Å². The van der Waals surface area contributed by atoms with Crippen LogP contribution < -0.4 is 5.32 Å². The van der Waals surface area contributed by atoms with E-state index in [1.165, 1.54) is 29.0 Å². The fourth-order valence-corrected chi connectivity index (χ4v) is 2.75. The molecule has 0 bridgehead atoms. The highest BCUT2D eigenvalue weighted by atomic mass is 35.5. The lowest BCUT2D eigenvalue weighted by atomic mass is 10.0. The van der Waals surface area contributed by atoms with Gasteiger partial charge in [0.2, 0.25) is 10.0 Å². The van der Waals surface area contributed by atoms with Crippen molar-refractivity contribution < 1.29 is 8.42 Å². The van der Waals surface area contributed by atoms with Crippen molar-refractivity contribution in [1.82, 2.24) is 9.62 Å². The molecule has 0 radical (unpaired) electrons. The van der Waals surface area contributed by atoms with E-state index in [9.17, 15) is 8.42 Å². The van der Waals surface area contributed by atoms with E-state index < -0.39 is 10.0 Å². The van der Waals surface area contributed by atoms with Crippen molar-refractivity contribution in [1.29, 1.82) is 0 Å². The SMILES string of the molecule is CN(CCNC(c1ccc(Cl)cc1)C1CC1)S(C)(=O)=O. The molecule has 1 fully saturated rings. The molecule has 20 heavy (non-hydrogen) atoms. The Bertz CT molecular complexity index is 541. The highest BCUT2D eigenvalue weighted by Crippen LogP contribution is 2.41. The number of rotatable bonds is 7. The van der Waals surface area contributed by atoms with Crippen LogP contribution in [0.1, 0.15) is 24.4 Å². The lowest BCUT2D eigenvalue weighted by Crippen LogP contribution is -2.35. The smallest absolute Gasteiger partial charge is 0.210 e. The second-order valence-corrected chi connectivity index (χ2v) is 7.93. The Balaban J connectivity index is 1.92. The van der Waals surface area contributed by atoms with E-state index >= 15 is 0 Å². The first kappa shape index (κ1) is 15.8. The van der Waals surface area contributed by atoms with Gasteiger partial charge < -0.3 is 5.32 Å². The van der Waals surface area contributed by atoms with Crippen LogP contribution in [-0.4, -0.2) is 39.1 Å². The fourth-order valence-electron chi connectivity index (χ4n) is 2.20. The second-order valence-electron chi connectivity index (χ2n) is 5.41. The normalized spacial score (nSPS) is 17.4. The Morgan fingerprint density at radius 2 is 1.95 bits per heavy atom. The molecule has 0 aromatic heterocycles. The Kier molecular flexibility index (Phi) is 5.07. The molecule has 6 heteroatoms. The standard InChI is InChI=1S/C14H21ClN2O2S/c1-17(20(2,18)19)10-9-16-14(11-3-4-11)12-5-7-13(15)8-6-12/h5-8,11,14,16H,3-4,9-10H2,1-2H3. The molecule has 1 aliphatic carbocycles. The predicted molar refractivity (Wildman–Crippen MR) is 82.4 cm³/mol. The molecule has 112 valence electrons. The van der Waals surface area contributed by atoms with Gasteiger partial charge in [-0.25, -0.2) is 12.7 Å². The molecule has 0 saturated heterocycles. The summed E-state index contributed by atoms with van der Waals surface area (Å²) in [6.07, 6.45) is 3.68. The molecule has 0 heterocycles. The van der Waals surface area contributed by atoms with Crippen LogP contribution in [0.5, 0.6) is 0 Å². The molecule has 0 aliphatic heterocycles. The van der Waals surface area contributed by atoms with Gasteiger partial charge in [0.1, 0.15) is 0 Å². The zero-order valence-electron chi connectivity index (χ0n) is 11.8. The molecule has 0 amide bonds. The Morgan fingerprint density at radius 3 is 2.45 bits per heavy atom. The molecule has 1 aromatic rings. The van der Waals surface area contributed by atoms with Crippen molar-refractivity contribution >= 4 is 21.6 Å². The quantitative estimate of drug-likeness (QED) is 0.839. The van der Waals surface area contributed by atoms with Crippen molar-refractivity contribution in [3.8, 4) is 0 Å². The summed E-state index contributed by atoms with van der Waals surface area (Å²) < 4.78 is 24.1. The van der Waals surface area contributed by atoms with Gasteiger partial charge in [-0.1, -0.05) is 23.7 Å². The minimum atomic E-state index is -3.10. The average Bonchev–Trinajstić information content (AvgIpc) is 3.19. The topological polar surface area (TPSA) is 49.4 Å². The predicted octanol–water partition coefficient (Wildman–Crippen LogP) is 2.27. The minimum Gasteiger partial charge on any atom is -0.308 e. The number of sulfonamides is 1. The van der Waals surface area contributed by atoms with Gasteiger partial charge in [0.05, 0.1) is 6.26 Å². The minimum absolute atomic E-state index is 0.292. The zero-order valence-corrected chi connectivity index (χ0v) is 13.4. The van der Waals surface area contributed by atoms with E-state index in [0.29, 0.717) is 25.0 Å². The summed E-state index contributed by atoms with van der Waals surface area (Å²) in [7, 11) is -1.50. The van der Waals surface area contributed by atoms with Crippen LogP contribution in [0, 0.1) is 5.92 Å². The number of likely N-dealkylation sites (N-methyl/N-ethyl adjacent to an activating group) is 1. The van der Waals surface area contributed by atoms with E-state index in [1.807, 2.05) is 24.3 Å². The van der Waals surface area contributed by atoms with Gasteiger partial charge in [0.25, 0.3) is 0 Å². The molecule has 1 unspecified atom stereocenters. The summed E-state index contributed by atoms with van der Waals surface area (Å²) in [6.45, 7) is 1.13. The summed E-state index contributed by atoms with van der Waals surface area (Å²) >= 11 is 5.91. The number of hydrogen-bond acceptors (Lipinski definition) is 3. The van der Waals surface area contributed by atoms with Crippen LogP contribution in [0.2, 0.25) is 5.02 Å². The molecule has 0 spiro atoms. The first-order valence-electron chi connectivity index (χ1n) is 6.78. The second kappa shape index (κ2) is 6.43. The largest absolute Gasteiger partial charge is 0.308 e. The van der Waals surface area contributed by atoms with E-state index in [1.54, 1.807) is 7.05 Å². The summed E-state index contributed by atoms with van der Waals surface area (Å²) in [5.41, 5.74) is 1.22. The van der Waals surface area contributed by atoms with E-state index in [0.717, 1.165) is 5.02 Å². The van der Waals surface area contributed by atoms with Gasteiger partial charge >= 0.3 is 0 Å². The molecule has 1 aliphatic rings. The highest BCUT2D eigenvalue weighted by molar-refractivity contribution is 7.88. The molecule has 4 nitrogen and oxygen atoms in total. The van der Waals surface area contributed by atoms with Crippen molar-refractivity contribution in [2.45, 2.75) is 18.9 Å². The van der Waals surface area contributed by atoms with E-state index in [-0.39, 0.29) is 0 Å². The number of halogens is 1. The first-order valence-corrected chi connectivity index (χ1v) is 9.00. The van der Waals surface area contributed by atoms with Gasteiger partial charge in [-0.3, -0.25) is 0 Å². The van der Waals surface area contributed by atoms with Gasteiger partial charge in [0, 0.05) is 31.2 Å². The monoisotopic (exact) mass is 316 g/mol. The zero-order chi connectivity index (χ0) is 14.8. The third-order valence-electron chi connectivity index (χ3n) is 3.68. The van der Waals surface area contributed by atoms with Crippen molar-refractivity contribution in [2.75, 3.05) is 26.4 Å². The number of benzene rings is 1. The summed E-state index contributed by atoms with van der Waals surface area (Å²) in [6, 6.07) is 8.17. The summed E-state index contributed by atoms with van der Waals surface area (Å²) in [4.78, 5) is 0. The Hall–Kier alpha value is -0.620.